The lowest BCUT2D eigenvalue weighted by molar-refractivity contribution is -0.109. The summed E-state index contributed by atoms with van der Waals surface area (Å²) in [4.78, 5) is 10.1. The van der Waals surface area contributed by atoms with Crippen LogP contribution in [-0.2, 0) is 11.2 Å². The normalized spacial score (nSPS) is 12.4. The van der Waals surface area contributed by atoms with E-state index in [1.54, 1.807) is 12.1 Å². The minimum absolute atomic E-state index is 0.168. The summed E-state index contributed by atoms with van der Waals surface area (Å²) in [6.45, 7) is 0. The number of aliphatic hydroxyl groups excluding tert-OH is 1. The SMILES string of the molecule is O=CC[C@H](O)CCc1ccc(F)cc1. The molecule has 0 saturated carbocycles. The van der Waals surface area contributed by atoms with E-state index in [-0.39, 0.29) is 12.2 Å². The molecule has 14 heavy (non-hydrogen) atoms. The molecule has 0 amide bonds. The molecule has 1 rings (SSSR count). The van der Waals surface area contributed by atoms with Gasteiger partial charge in [-0.3, -0.25) is 0 Å². The van der Waals surface area contributed by atoms with Crippen LogP contribution in [0.1, 0.15) is 18.4 Å². The minimum Gasteiger partial charge on any atom is -0.393 e. The Balaban J connectivity index is 2.37. The Kier molecular flexibility index (Phi) is 4.26. The van der Waals surface area contributed by atoms with E-state index in [0.717, 1.165) is 5.56 Å². The summed E-state index contributed by atoms with van der Waals surface area (Å²) in [5, 5.41) is 9.26. The van der Waals surface area contributed by atoms with Crippen LogP contribution in [0.15, 0.2) is 24.3 Å². The van der Waals surface area contributed by atoms with Crippen molar-refractivity contribution in [1.82, 2.24) is 0 Å². The molecule has 0 fully saturated rings. The molecule has 0 aliphatic heterocycles. The van der Waals surface area contributed by atoms with Crippen molar-refractivity contribution >= 4 is 6.29 Å². The monoisotopic (exact) mass is 196 g/mol. The van der Waals surface area contributed by atoms with Gasteiger partial charge in [-0.1, -0.05) is 12.1 Å². The molecule has 0 radical (unpaired) electrons. The number of aliphatic hydroxyl groups is 1. The van der Waals surface area contributed by atoms with Crippen LogP contribution in [0, 0.1) is 5.82 Å². The van der Waals surface area contributed by atoms with Gasteiger partial charge in [0, 0.05) is 6.42 Å². The van der Waals surface area contributed by atoms with Gasteiger partial charge < -0.3 is 9.90 Å². The Morgan fingerprint density at radius 3 is 2.57 bits per heavy atom. The van der Waals surface area contributed by atoms with Crippen molar-refractivity contribution < 1.29 is 14.3 Å². The van der Waals surface area contributed by atoms with Crippen molar-refractivity contribution in [2.75, 3.05) is 0 Å². The van der Waals surface area contributed by atoms with Gasteiger partial charge in [0.05, 0.1) is 6.10 Å². The highest BCUT2D eigenvalue weighted by atomic mass is 19.1. The fraction of sp³-hybridized carbons (Fsp3) is 0.364. The fourth-order valence-electron chi connectivity index (χ4n) is 1.21. The number of carbonyl (C=O) groups excluding carboxylic acids is 1. The second kappa shape index (κ2) is 5.50. The van der Waals surface area contributed by atoms with E-state index >= 15 is 0 Å². The molecule has 1 N–H and O–H groups in total. The number of aldehydes is 1. The van der Waals surface area contributed by atoms with Crippen molar-refractivity contribution in [2.45, 2.75) is 25.4 Å². The zero-order valence-corrected chi connectivity index (χ0v) is 7.82. The Labute approximate surface area is 82.4 Å². The van der Waals surface area contributed by atoms with Crippen LogP contribution in [0.25, 0.3) is 0 Å². The third-order valence-electron chi connectivity index (χ3n) is 2.05. The summed E-state index contributed by atoms with van der Waals surface area (Å²) in [5.41, 5.74) is 0.969. The third-order valence-corrected chi connectivity index (χ3v) is 2.05. The number of benzene rings is 1. The van der Waals surface area contributed by atoms with Crippen LogP contribution in [0.5, 0.6) is 0 Å². The molecule has 1 atom stereocenters. The molecular formula is C11H13FO2. The zero-order valence-electron chi connectivity index (χ0n) is 7.82. The van der Waals surface area contributed by atoms with Crippen LogP contribution in [0.2, 0.25) is 0 Å². The Morgan fingerprint density at radius 2 is 2.00 bits per heavy atom. The summed E-state index contributed by atoms with van der Waals surface area (Å²) < 4.78 is 12.5. The average Bonchev–Trinajstić information content (AvgIpc) is 2.17. The second-order valence-corrected chi connectivity index (χ2v) is 3.22. The first-order valence-corrected chi connectivity index (χ1v) is 4.58. The molecule has 76 valence electrons. The average molecular weight is 196 g/mol. The topological polar surface area (TPSA) is 37.3 Å². The molecule has 0 heterocycles. The van der Waals surface area contributed by atoms with E-state index in [4.69, 9.17) is 0 Å². The maximum absolute atomic E-state index is 12.5. The number of hydrogen-bond donors (Lipinski definition) is 1. The van der Waals surface area contributed by atoms with Crippen LogP contribution < -0.4 is 0 Å². The summed E-state index contributed by atoms with van der Waals surface area (Å²) >= 11 is 0. The highest BCUT2D eigenvalue weighted by Crippen LogP contribution is 2.07. The molecular weight excluding hydrogens is 183 g/mol. The minimum atomic E-state index is -0.586. The Morgan fingerprint density at radius 1 is 1.36 bits per heavy atom. The summed E-state index contributed by atoms with van der Waals surface area (Å²) in [7, 11) is 0. The zero-order chi connectivity index (χ0) is 10.4. The molecule has 0 unspecified atom stereocenters. The predicted octanol–water partition coefficient (Wildman–Crippen LogP) is 1.71. The van der Waals surface area contributed by atoms with E-state index in [0.29, 0.717) is 19.1 Å². The number of rotatable bonds is 5. The van der Waals surface area contributed by atoms with Gasteiger partial charge in [-0.2, -0.15) is 0 Å². The molecule has 0 saturated heterocycles. The lowest BCUT2D eigenvalue weighted by Gasteiger charge is -2.06. The maximum Gasteiger partial charge on any atom is 0.123 e. The van der Waals surface area contributed by atoms with Crippen LogP contribution in [0.4, 0.5) is 4.39 Å². The standard InChI is InChI=1S/C11H13FO2/c12-10-4-1-9(2-5-10)3-6-11(14)7-8-13/h1-2,4-5,8,11,14H,3,6-7H2/t11-/m1/s1. The Bertz CT molecular complexity index is 282. The molecule has 0 spiro atoms. The molecule has 1 aromatic rings. The molecule has 1 aromatic carbocycles. The predicted molar refractivity (Wildman–Crippen MR) is 51.4 cm³/mol. The number of carbonyl (C=O) groups is 1. The van der Waals surface area contributed by atoms with Gasteiger partial charge >= 0.3 is 0 Å². The molecule has 0 aromatic heterocycles. The molecule has 3 heteroatoms. The third kappa shape index (κ3) is 3.66. The van der Waals surface area contributed by atoms with Gasteiger partial charge in [-0.15, -0.1) is 0 Å². The van der Waals surface area contributed by atoms with Crippen molar-refractivity contribution in [1.29, 1.82) is 0 Å². The van der Waals surface area contributed by atoms with E-state index in [9.17, 15) is 14.3 Å². The van der Waals surface area contributed by atoms with Crippen molar-refractivity contribution in [2.24, 2.45) is 0 Å². The van der Waals surface area contributed by atoms with E-state index in [1.165, 1.54) is 12.1 Å². The van der Waals surface area contributed by atoms with Gasteiger partial charge in [0.2, 0.25) is 0 Å². The summed E-state index contributed by atoms with van der Waals surface area (Å²) in [5.74, 6) is -0.262. The number of aryl methyl sites for hydroxylation is 1. The molecule has 0 aliphatic rings. The van der Waals surface area contributed by atoms with Gasteiger partial charge in [0.15, 0.2) is 0 Å². The van der Waals surface area contributed by atoms with Gasteiger partial charge in [0.1, 0.15) is 12.1 Å². The molecule has 2 nitrogen and oxygen atoms in total. The van der Waals surface area contributed by atoms with Crippen molar-refractivity contribution in [3.05, 3.63) is 35.6 Å². The van der Waals surface area contributed by atoms with Gasteiger partial charge in [-0.05, 0) is 30.5 Å². The molecule has 0 bridgehead atoms. The number of hydrogen-bond acceptors (Lipinski definition) is 2. The second-order valence-electron chi connectivity index (χ2n) is 3.22. The lowest BCUT2D eigenvalue weighted by atomic mass is 10.1. The highest BCUT2D eigenvalue weighted by molar-refractivity contribution is 5.49. The van der Waals surface area contributed by atoms with Crippen molar-refractivity contribution in [3.63, 3.8) is 0 Å². The quantitative estimate of drug-likeness (QED) is 0.728. The first-order chi connectivity index (χ1) is 6.72. The van der Waals surface area contributed by atoms with Crippen LogP contribution in [-0.4, -0.2) is 17.5 Å². The van der Waals surface area contributed by atoms with Crippen molar-refractivity contribution in [3.8, 4) is 0 Å². The first-order valence-electron chi connectivity index (χ1n) is 4.58. The van der Waals surface area contributed by atoms with E-state index < -0.39 is 6.10 Å². The number of halogens is 1. The highest BCUT2D eigenvalue weighted by Gasteiger charge is 2.03. The smallest absolute Gasteiger partial charge is 0.123 e. The van der Waals surface area contributed by atoms with Crippen LogP contribution >= 0.6 is 0 Å². The fourth-order valence-corrected chi connectivity index (χ4v) is 1.21. The largest absolute Gasteiger partial charge is 0.393 e. The lowest BCUT2D eigenvalue weighted by Crippen LogP contribution is -2.08. The first kappa shape index (κ1) is 10.9. The van der Waals surface area contributed by atoms with Gasteiger partial charge in [0.25, 0.3) is 0 Å². The molecule has 0 aliphatic carbocycles. The maximum atomic E-state index is 12.5. The summed E-state index contributed by atoms with van der Waals surface area (Å²) in [6, 6.07) is 6.15. The van der Waals surface area contributed by atoms with E-state index in [2.05, 4.69) is 0 Å². The van der Waals surface area contributed by atoms with E-state index in [1.807, 2.05) is 0 Å². The van der Waals surface area contributed by atoms with Crippen LogP contribution in [0.3, 0.4) is 0 Å². The Hall–Kier alpha value is -1.22. The summed E-state index contributed by atoms with van der Waals surface area (Å²) in [6.07, 6.45) is 1.48. The van der Waals surface area contributed by atoms with Gasteiger partial charge in [-0.25, -0.2) is 4.39 Å².